The molecule has 2 rings (SSSR count). The molecular formula is C15H20N2O2S. The standard InChI is InChI=1S/C15H20N2O2S/c1-3-18-13-6-4-5-12(9-11(2)16)15(13)19-10-14-17-7-8-20-14/h4-8,11H,3,9-10,16H2,1-2H3. The first kappa shape index (κ1) is 14.8. The van der Waals surface area contributed by atoms with Gasteiger partial charge in [-0.25, -0.2) is 4.98 Å². The summed E-state index contributed by atoms with van der Waals surface area (Å²) in [5.41, 5.74) is 6.97. The molecule has 1 atom stereocenters. The van der Waals surface area contributed by atoms with Crippen molar-refractivity contribution in [2.24, 2.45) is 5.73 Å². The molecule has 0 bridgehead atoms. The molecule has 0 saturated carbocycles. The molecule has 0 aliphatic heterocycles. The quantitative estimate of drug-likeness (QED) is 0.852. The average Bonchev–Trinajstić information content (AvgIpc) is 2.91. The average molecular weight is 292 g/mol. The number of nitrogens with zero attached hydrogens (tertiary/aromatic N) is 1. The summed E-state index contributed by atoms with van der Waals surface area (Å²) in [5, 5.41) is 2.89. The molecule has 4 nitrogen and oxygen atoms in total. The van der Waals surface area contributed by atoms with Crippen LogP contribution >= 0.6 is 11.3 Å². The second-order valence-corrected chi connectivity index (χ2v) is 5.55. The molecule has 0 aliphatic carbocycles. The van der Waals surface area contributed by atoms with Crippen molar-refractivity contribution in [1.29, 1.82) is 0 Å². The largest absolute Gasteiger partial charge is 0.490 e. The Morgan fingerprint density at radius 2 is 2.20 bits per heavy atom. The first-order valence-electron chi connectivity index (χ1n) is 6.72. The van der Waals surface area contributed by atoms with Crippen molar-refractivity contribution in [1.82, 2.24) is 4.98 Å². The van der Waals surface area contributed by atoms with E-state index < -0.39 is 0 Å². The van der Waals surface area contributed by atoms with Gasteiger partial charge in [0.15, 0.2) is 11.5 Å². The fourth-order valence-electron chi connectivity index (χ4n) is 1.96. The van der Waals surface area contributed by atoms with Crippen molar-refractivity contribution in [3.05, 3.63) is 40.3 Å². The van der Waals surface area contributed by atoms with Crippen LogP contribution in [0.5, 0.6) is 11.5 Å². The molecule has 2 aromatic rings. The smallest absolute Gasteiger partial charge is 0.165 e. The van der Waals surface area contributed by atoms with E-state index in [0.717, 1.165) is 28.5 Å². The van der Waals surface area contributed by atoms with Gasteiger partial charge in [-0.1, -0.05) is 12.1 Å². The summed E-state index contributed by atoms with van der Waals surface area (Å²) >= 11 is 1.58. The van der Waals surface area contributed by atoms with Crippen LogP contribution < -0.4 is 15.2 Å². The summed E-state index contributed by atoms with van der Waals surface area (Å²) in [6.07, 6.45) is 2.54. The molecule has 1 unspecified atom stereocenters. The van der Waals surface area contributed by atoms with E-state index in [9.17, 15) is 0 Å². The number of hydrogen-bond donors (Lipinski definition) is 1. The third-order valence-corrected chi connectivity index (χ3v) is 3.48. The fraction of sp³-hybridized carbons (Fsp3) is 0.400. The summed E-state index contributed by atoms with van der Waals surface area (Å²) in [4.78, 5) is 4.23. The Balaban J connectivity index is 2.20. The monoisotopic (exact) mass is 292 g/mol. The van der Waals surface area contributed by atoms with Gasteiger partial charge in [0.25, 0.3) is 0 Å². The summed E-state index contributed by atoms with van der Waals surface area (Å²) < 4.78 is 11.6. The Morgan fingerprint density at radius 1 is 1.35 bits per heavy atom. The van der Waals surface area contributed by atoms with E-state index in [0.29, 0.717) is 13.2 Å². The van der Waals surface area contributed by atoms with E-state index in [1.165, 1.54) is 0 Å². The van der Waals surface area contributed by atoms with E-state index in [1.807, 2.05) is 37.4 Å². The lowest BCUT2D eigenvalue weighted by molar-refractivity contribution is 0.266. The third-order valence-electron chi connectivity index (χ3n) is 2.73. The highest BCUT2D eigenvalue weighted by Gasteiger charge is 2.13. The molecule has 5 heteroatoms. The molecule has 1 heterocycles. The molecule has 0 aliphatic rings. The lowest BCUT2D eigenvalue weighted by atomic mass is 10.1. The van der Waals surface area contributed by atoms with Crippen LogP contribution in [0.25, 0.3) is 0 Å². The van der Waals surface area contributed by atoms with Gasteiger partial charge in [-0.2, -0.15) is 0 Å². The van der Waals surface area contributed by atoms with Gasteiger partial charge in [0.2, 0.25) is 0 Å². The Kier molecular flexibility index (Phi) is 5.38. The number of aromatic nitrogens is 1. The highest BCUT2D eigenvalue weighted by atomic mass is 32.1. The van der Waals surface area contributed by atoms with Crippen LogP contribution in [0.2, 0.25) is 0 Å². The highest BCUT2D eigenvalue weighted by molar-refractivity contribution is 7.09. The number of hydrogen-bond acceptors (Lipinski definition) is 5. The molecule has 1 aromatic carbocycles. The van der Waals surface area contributed by atoms with Crippen LogP contribution in [0.15, 0.2) is 29.8 Å². The van der Waals surface area contributed by atoms with Crippen LogP contribution in [-0.2, 0) is 13.0 Å². The number of ether oxygens (including phenoxy) is 2. The van der Waals surface area contributed by atoms with Crippen molar-refractivity contribution in [2.45, 2.75) is 32.9 Å². The zero-order chi connectivity index (χ0) is 14.4. The predicted octanol–water partition coefficient (Wildman–Crippen LogP) is 3.01. The maximum atomic E-state index is 5.93. The minimum Gasteiger partial charge on any atom is -0.490 e. The van der Waals surface area contributed by atoms with Gasteiger partial charge >= 0.3 is 0 Å². The Morgan fingerprint density at radius 3 is 2.85 bits per heavy atom. The first-order valence-corrected chi connectivity index (χ1v) is 7.60. The summed E-state index contributed by atoms with van der Waals surface area (Å²) in [7, 11) is 0. The third kappa shape index (κ3) is 3.95. The summed E-state index contributed by atoms with van der Waals surface area (Å²) in [5.74, 6) is 1.55. The van der Waals surface area contributed by atoms with Gasteiger partial charge in [-0.15, -0.1) is 11.3 Å². The van der Waals surface area contributed by atoms with Gasteiger partial charge in [-0.3, -0.25) is 0 Å². The molecule has 108 valence electrons. The zero-order valence-corrected chi connectivity index (χ0v) is 12.7. The van der Waals surface area contributed by atoms with Crippen molar-refractivity contribution >= 4 is 11.3 Å². The van der Waals surface area contributed by atoms with Gasteiger partial charge in [0.1, 0.15) is 11.6 Å². The van der Waals surface area contributed by atoms with E-state index in [-0.39, 0.29) is 6.04 Å². The van der Waals surface area contributed by atoms with Crippen molar-refractivity contribution < 1.29 is 9.47 Å². The molecule has 2 N–H and O–H groups in total. The number of nitrogens with two attached hydrogens (primary N) is 1. The predicted molar refractivity (Wildman–Crippen MR) is 81.4 cm³/mol. The Bertz CT molecular complexity index is 527. The van der Waals surface area contributed by atoms with Gasteiger partial charge in [0.05, 0.1) is 6.61 Å². The molecule has 0 saturated heterocycles. The second kappa shape index (κ2) is 7.26. The molecule has 0 spiro atoms. The molecular weight excluding hydrogens is 272 g/mol. The number of thiazole rings is 1. The normalized spacial score (nSPS) is 12.2. The summed E-state index contributed by atoms with van der Waals surface area (Å²) in [6, 6.07) is 6.00. The lowest BCUT2D eigenvalue weighted by Crippen LogP contribution is -2.18. The van der Waals surface area contributed by atoms with E-state index in [1.54, 1.807) is 17.5 Å². The number of rotatable bonds is 7. The highest BCUT2D eigenvalue weighted by Crippen LogP contribution is 2.33. The fourth-order valence-corrected chi connectivity index (χ4v) is 2.49. The van der Waals surface area contributed by atoms with Crippen molar-refractivity contribution in [3.8, 4) is 11.5 Å². The SMILES string of the molecule is CCOc1cccc(CC(C)N)c1OCc1nccs1. The van der Waals surface area contributed by atoms with Gasteiger partial charge in [-0.05, 0) is 31.9 Å². The maximum absolute atomic E-state index is 5.93. The van der Waals surface area contributed by atoms with E-state index in [4.69, 9.17) is 15.2 Å². The Labute approximate surface area is 123 Å². The Hall–Kier alpha value is -1.59. The van der Waals surface area contributed by atoms with E-state index >= 15 is 0 Å². The van der Waals surface area contributed by atoms with Gasteiger partial charge in [0, 0.05) is 17.6 Å². The van der Waals surface area contributed by atoms with Crippen LogP contribution in [0, 0.1) is 0 Å². The van der Waals surface area contributed by atoms with Crippen LogP contribution in [0.1, 0.15) is 24.4 Å². The molecule has 20 heavy (non-hydrogen) atoms. The zero-order valence-electron chi connectivity index (χ0n) is 11.8. The first-order chi connectivity index (χ1) is 9.70. The molecule has 0 radical (unpaired) electrons. The van der Waals surface area contributed by atoms with Crippen LogP contribution in [0.4, 0.5) is 0 Å². The number of para-hydroxylation sites is 1. The van der Waals surface area contributed by atoms with Crippen LogP contribution in [0.3, 0.4) is 0 Å². The van der Waals surface area contributed by atoms with Crippen molar-refractivity contribution in [3.63, 3.8) is 0 Å². The molecule has 1 aromatic heterocycles. The maximum Gasteiger partial charge on any atom is 0.165 e. The topological polar surface area (TPSA) is 57.4 Å². The van der Waals surface area contributed by atoms with Crippen molar-refractivity contribution in [2.75, 3.05) is 6.61 Å². The number of benzene rings is 1. The van der Waals surface area contributed by atoms with E-state index in [2.05, 4.69) is 4.98 Å². The minimum absolute atomic E-state index is 0.0779. The molecule has 0 amide bonds. The lowest BCUT2D eigenvalue weighted by Gasteiger charge is -2.16. The van der Waals surface area contributed by atoms with Gasteiger partial charge < -0.3 is 15.2 Å². The molecule has 0 fully saturated rings. The second-order valence-electron chi connectivity index (χ2n) is 4.57. The van der Waals surface area contributed by atoms with Crippen LogP contribution in [-0.4, -0.2) is 17.6 Å². The minimum atomic E-state index is 0.0779. The summed E-state index contributed by atoms with van der Waals surface area (Å²) in [6.45, 7) is 5.00.